The van der Waals surface area contributed by atoms with E-state index in [9.17, 15) is 19.2 Å². The number of nitrogens with zero attached hydrogens (tertiary/aromatic N) is 1. The monoisotopic (exact) mass is 422 g/mol. The van der Waals surface area contributed by atoms with E-state index in [-0.39, 0.29) is 23.5 Å². The van der Waals surface area contributed by atoms with E-state index < -0.39 is 36.3 Å². The van der Waals surface area contributed by atoms with Gasteiger partial charge in [0.25, 0.3) is 17.7 Å². The molecule has 0 unspecified atom stereocenters. The molecule has 0 radical (unpaired) electrons. The van der Waals surface area contributed by atoms with Gasteiger partial charge in [-0.1, -0.05) is 32.0 Å². The van der Waals surface area contributed by atoms with Crippen LogP contribution in [0.3, 0.4) is 0 Å². The summed E-state index contributed by atoms with van der Waals surface area (Å²) in [5.74, 6) is -2.31. The van der Waals surface area contributed by atoms with Gasteiger partial charge in [-0.15, -0.1) is 0 Å². The first-order valence-electron chi connectivity index (χ1n) is 10.2. The Morgan fingerprint density at radius 1 is 0.968 bits per heavy atom. The Hall–Kier alpha value is -3.48. The van der Waals surface area contributed by atoms with Crippen molar-refractivity contribution in [1.82, 2.24) is 4.90 Å². The van der Waals surface area contributed by atoms with Crippen molar-refractivity contribution >= 4 is 29.4 Å². The molecule has 0 aromatic heterocycles. The number of carbonyl (C=O) groups excluding carboxylic acids is 4. The highest BCUT2D eigenvalue weighted by atomic mass is 16.5. The van der Waals surface area contributed by atoms with Crippen LogP contribution in [0.25, 0.3) is 0 Å². The van der Waals surface area contributed by atoms with E-state index in [2.05, 4.69) is 5.32 Å². The average molecular weight is 422 g/mol. The second-order valence-corrected chi connectivity index (χ2v) is 8.13. The third-order valence-corrected chi connectivity index (χ3v) is 5.24. The van der Waals surface area contributed by atoms with Crippen molar-refractivity contribution in [3.05, 3.63) is 64.7 Å². The molecule has 0 aliphatic carbocycles. The number of benzene rings is 2. The van der Waals surface area contributed by atoms with Crippen LogP contribution in [0.15, 0.2) is 42.5 Å². The summed E-state index contributed by atoms with van der Waals surface area (Å²) >= 11 is 0. The average Bonchev–Trinajstić information content (AvgIpc) is 2.98. The number of ether oxygens (including phenoxy) is 1. The molecule has 162 valence electrons. The zero-order chi connectivity index (χ0) is 22.7. The molecule has 1 aliphatic rings. The summed E-state index contributed by atoms with van der Waals surface area (Å²) in [4.78, 5) is 51.6. The lowest BCUT2D eigenvalue weighted by Crippen LogP contribution is -2.46. The molecule has 3 rings (SSSR count). The molecular formula is C24H26N2O5. The van der Waals surface area contributed by atoms with Crippen LogP contribution >= 0.6 is 0 Å². The van der Waals surface area contributed by atoms with Gasteiger partial charge in [-0.3, -0.25) is 19.3 Å². The number of imide groups is 1. The van der Waals surface area contributed by atoms with Crippen molar-refractivity contribution in [2.75, 3.05) is 11.9 Å². The summed E-state index contributed by atoms with van der Waals surface area (Å²) < 4.78 is 5.20. The second kappa shape index (κ2) is 9.12. The minimum absolute atomic E-state index is 0.0197. The van der Waals surface area contributed by atoms with Gasteiger partial charge < -0.3 is 10.1 Å². The number of carbonyl (C=O) groups is 4. The van der Waals surface area contributed by atoms with Crippen molar-refractivity contribution in [1.29, 1.82) is 0 Å². The summed E-state index contributed by atoms with van der Waals surface area (Å²) in [6.07, 6.45) is 0.239. The van der Waals surface area contributed by atoms with Crippen LogP contribution in [-0.4, -0.2) is 41.2 Å². The van der Waals surface area contributed by atoms with Crippen LogP contribution in [0.2, 0.25) is 0 Å². The molecule has 31 heavy (non-hydrogen) atoms. The third-order valence-electron chi connectivity index (χ3n) is 5.24. The van der Waals surface area contributed by atoms with Gasteiger partial charge in [-0.2, -0.15) is 0 Å². The minimum atomic E-state index is -1.10. The zero-order valence-corrected chi connectivity index (χ0v) is 18.1. The predicted molar refractivity (Wildman–Crippen MR) is 116 cm³/mol. The number of hydrogen-bond donors (Lipinski definition) is 1. The largest absolute Gasteiger partial charge is 0.454 e. The van der Waals surface area contributed by atoms with Crippen molar-refractivity contribution in [3.8, 4) is 0 Å². The Bertz CT molecular complexity index is 1010. The van der Waals surface area contributed by atoms with Gasteiger partial charge in [-0.25, -0.2) is 4.79 Å². The SMILES string of the molecule is Cc1ccc(NC(=O)COC(=O)[C@@H](CC(C)C)N2C(=O)c3ccccc3C2=O)cc1C. The fraction of sp³-hybridized carbons (Fsp3) is 0.333. The number of anilines is 1. The van der Waals surface area contributed by atoms with Gasteiger partial charge in [0.05, 0.1) is 11.1 Å². The molecule has 1 atom stereocenters. The van der Waals surface area contributed by atoms with E-state index in [1.807, 2.05) is 39.8 Å². The predicted octanol–water partition coefficient (Wildman–Crippen LogP) is 3.50. The molecule has 0 bridgehead atoms. The number of hydrogen-bond acceptors (Lipinski definition) is 5. The highest BCUT2D eigenvalue weighted by Crippen LogP contribution is 2.27. The molecule has 1 aliphatic heterocycles. The Morgan fingerprint density at radius 3 is 2.13 bits per heavy atom. The lowest BCUT2D eigenvalue weighted by Gasteiger charge is -2.25. The summed E-state index contributed by atoms with van der Waals surface area (Å²) in [6, 6.07) is 10.8. The number of fused-ring (bicyclic) bond motifs is 1. The highest BCUT2D eigenvalue weighted by molar-refractivity contribution is 6.22. The van der Waals surface area contributed by atoms with Crippen LogP contribution in [-0.2, 0) is 14.3 Å². The Kier molecular flexibility index (Phi) is 6.53. The van der Waals surface area contributed by atoms with E-state index in [1.54, 1.807) is 30.3 Å². The number of rotatable bonds is 7. The summed E-state index contributed by atoms with van der Waals surface area (Å²) in [6.45, 7) is 7.15. The van der Waals surface area contributed by atoms with E-state index in [1.165, 1.54) is 0 Å². The molecule has 0 spiro atoms. The lowest BCUT2D eigenvalue weighted by atomic mass is 10.0. The topological polar surface area (TPSA) is 92.8 Å². The molecule has 7 nitrogen and oxygen atoms in total. The molecule has 2 aromatic carbocycles. The van der Waals surface area contributed by atoms with Crippen molar-refractivity contribution in [2.24, 2.45) is 5.92 Å². The van der Waals surface area contributed by atoms with Crippen LogP contribution < -0.4 is 5.32 Å². The lowest BCUT2D eigenvalue weighted by molar-refractivity contribution is -0.151. The van der Waals surface area contributed by atoms with Gasteiger partial charge in [-0.05, 0) is 61.6 Å². The number of nitrogens with one attached hydrogen (secondary N) is 1. The van der Waals surface area contributed by atoms with E-state index in [0.717, 1.165) is 16.0 Å². The smallest absolute Gasteiger partial charge is 0.329 e. The van der Waals surface area contributed by atoms with E-state index in [4.69, 9.17) is 4.74 Å². The van der Waals surface area contributed by atoms with E-state index in [0.29, 0.717) is 5.69 Å². The maximum absolute atomic E-state index is 12.8. The first-order chi connectivity index (χ1) is 14.7. The highest BCUT2D eigenvalue weighted by Gasteiger charge is 2.43. The molecule has 2 aromatic rings. The van der Waals surface area contributed by atoms with Gasteiger partial charge in [0, 0.05) is 5.69 Å². The van der Waals surface area contributed by atoms with Crippen LogP contribution in [0.4, 0.5) is 5.69 Å². The molecular weight excluding hydrogens is 396 g/mol. The Balaban J connectivity index is 1.69. The second-order valence-electron chi connectivity index (χ2n) is 8.13. The molecule has 1 N–H and O–H groups in total. The van der Waals surface area contributed by atoms with Crippen LogP contribution in [0.5, 0.6) is 0 Å². The van der Waals surface area contributed by atoms with Gasteiger partial charge >= 0.3 is 5.97 Å². The van der Waals surface area contributed by atoms with Crippen molar-refractivity contribution in [3.63, 3.8) is 0 Å². The van der Waals surface area contributed by atoms with Gasteiger partial charge in [0.2, 0.25) is 0 Å². The number of aryl methyl sites for hydroxylation is 2. The van der Waals surface area contributed by atoms with Gasteiger partial charge in [0.15, 0.2) is 6.61 Å². The maximum Gasteiger partial charge on any atom is 0.329 e. The quantitative estimate of drug-likeness (QED) is 0.545. The van der Waals surface area contributed by atoms with E-state index >= 15 is 0 Å². The zero-order valence-electron chi connectivity index (χ0n) is 18.1. The first-order valence-corrected chi connectivity index (χ1v) is 10.2. The standard InChI is InChI=1S/C24H26N2O5/c1-14(2)11-20(26-22(28)18-7-5-6-8-19(18)23(26)29)24(30)31-13-21(27)25-17-10-9-15(3)16(4)12-17/h5-10,12,14,20H,11,13H2,1-4H3,(H,25,27)/t20-/m1/s1. The first kappa shape index (κ1) is 22.2. The van der Waals surface area contributed by atoms with Crippen molar-refractivity contribution < 1.29 is 23.9 Å². The fourth-order valence-corrected chi connectivity index (χ4v) is 3.49. The third kappa shape index (κ3) is 4.82. The van der Waals surface area contributed by atoms with Gasteiger partial charge in [0.1, 0.15) is 6.04 Å². The summed E-state index contributed by atoms with van der Waals surface area (Å²) in [7, 11) is 0. The summed E-state index contributed by atoms with van der Waals surface area (Å²) in [5.41, 5.74) is 3.26. The molecule has 1 heterocycles. The molecule has 3 amide bonds. The maximum atomic E-state index is 12.8. The summed E-state index contributed by atoms with van der Waals surface area (Å²) in [5, 5.41) is 2.68. The minimum Gasteiger partial charge on any atom is -0.454 e. The van der Waals surface area contributed by atoms with Crippen LogP contribution in [0.1, 0.15) is 52.1 Å². The molecule has 0 saturated carbocycles. The normalized spacial score (nSPS) is 13.9. The molecule has 7 heteroatoms. The molecule has 0 saturated heterocycles. The molecule has 0 fully saturated rings. The van der Waals surface area contributed by atoms with Crippen LogP contribution in [0, 0.1) is 19.8 Å². The fourth-order valence-electron chi connectivity index (χ4n) is 3.49. The number of amides is 3. The number of esters is 1. The Labute approximate surface area is 181 Å². The Morgan fingerprint density at radius 2 is 1.58 bits per heavy atom. The van der Waals surface area contributed by atoms with Crippen molar-refractivity contribution in [2.45, 2.75) is 40.2 Å².